The number of para-hydroxylation sites is 2. The lowest BCUT2D eigenvalue weighted by atomic mass is 9.85. The number of imidazole rings is 1. The van der Waals surface area contributed by atoms with E-state index in [2.05, 4.69) is 30.5 Å². The van der Waals surface area contributed by atoms with Gasteiger partial charge in [-0.1, -0.05) is 24.6 Å². The fraction of sp³-hybridized carbons (Fsp3) is 0.409. The fourth-order valence-corrected chi connectivity index (χ4v) is 3.52. The highest BCUT2D eigenvalue weighted by Crippen LogP contribution is 2.37. The molecule has 1 N–H and O–H groups in total. The Hall–Kier alpha value is -2.33. The molecule has 0 aliphatic heterocycles. The van der Waals surface area contributed by atoms with Crippen molar-refractivity contribution in [2.45, 2.75) is 51.7 Å². The quantitative estimate of drug-likeness (QED) is 0.718. The predicted molar refractivity (Wildman–Crippen MR) is 104 cm³/mol. The molecule has 1 aromatic heterocycles. The van der Waals surface area contributed by atoms with E-state index < -0.39 is 6.10 Å². The second-order valence-electron chi connectivity index (χ2n) is 7.41. The third-order valence-corrected chi connectivity index (χ3v) is 5.47. The zero-order chi connectivity index (χ0) is 18.1. The van der Waals surface area contributed by atoms with Gasteiger partial charge in [-0.25, -0.2) is 4.98 Å². The maximum Gasteiger partial charge on any atom is 0.119 e. The highest BCUT2D eigenvalue weighted by atomic mass is 16.5. The van der Waals surface area contributed by atoms with Gasteiger partial charge in [0.05, 0.1) is 17.6 Å². The number of hydrogen-bond donors (Lipinski definition) is 1. The highest BCUT2D eigenvalue weighted by Gasteiger charge is 2.26. The molecule has 4 rings (SSSR count). The van der Waals surface area contributed by atoms with Crippen LogP contribution in [0, 0.1) is 13.8 Å². The van der Waals surface area contributed by atoms with Crippen LogP contribution in [-0.4, -0.2) is 27.4 Å². The normalized spacial score (nSPS) is 15.8. The van der Waals surface area contributed by atoms with Crippen molar-refractivity contribution in [3.8, 4) is 5.75 Å². The van der Waals surface area contributed by atoms with E-state index in [0.29, 0.717) is 12.5 Å². The first-order valence-electron chi connectivity index (χ1n) is 9.45. The molecule has 0 spiro atoms. The van der Waals surface area contributed by atoms with Crippen molar-refractivity contribution < 1.29 is 9.84 Å². The van der Waals surface area contributed by atoms with Crippen molar-refractivity contribution >= 4 is 11.0 Å². The van der Waals surface area contributed by atoms with Crippen molar-refractivity contribution in [1.82, 2.24) is 9.55 Å². The second-order valence-corrected chi connectivity index (χ2v) is 7.41. The topological polar surface area (TPSA) is 47.3 Å². The van der Waals surface area contributed by atoms with Gasteiger partial charge in [-0.2, -0.15) is 0 Å². The first-order chi connectivity index (χ1) is 12.6. The van der Waals surface area contributed by atoms with Crippen molar-refractivity contribution in [2.75, 3.05) is 6.61 Å². The Morgan fingerprint density at radius 3 is 2.69 bits per heavy atom. The van der Waals surface area contributed by atoms with E-state index in [0.717, 1.165) is 22.6 Å². The standard InChI is InChI=1S/C22H26N2O2/c1-15-10-11-19(12-16(15)2)26-14-18(25)13-24-21-9-4-3-8-20(21)23-22(24)17-6-5-7-17/h3-4,8-12,17-18,25H,5-7,13-14H2,1-2H3. The molecule has 1 unspecified atom stereocenters. The van der Waals surface area contributed by atoms with E-state index in [9.17, 15) is 5.11 Å². The Kier molecular flexibility index (Phi) is 4.68. The van der Waals surface area contributed by atoms with Crippen LogP contribution in [0.1, 0.15) is 42.1 Å². The van der Waals surface area contributed by atoms with Gasteiger partial charge in [-0.05, 0) is 62.1 Å². The van der Waals surface area contributed by atoms with Gasteiger partial charge in [0, 0.05) is 5.92 Å². The van der Waals surface area contributed by atoms with Gasteiger partial charge >= 0.3 is 0 Å². The Balaban J connectivity index is 1.49. The summed E-state index contributed by atoms with van der Waals surface area (Å²) in [5.41, 5.74) is 4.55. The number of hydrogen-bond acceptors (Lipinski definition) is 3. The summed E-state index contributed by atoms with van der Waals surface area (Å²) in [6.07, 6.45) is 3.08. The number of nitrogens with zero attached hydrogens (tertiary/aromatic N) is 2. The third kappa shape index (κ3) is 3.34. The molecule has 0 saturated heterocycles. The Morgan fingerprint density at radius 1 is 1.15 bits per heavy atom. The molecular weight excluding hydrogens is 324 g/mol. The molecule has 4 nitrogen and oxygen atoms in total. The molecule has 3 aromatic rings. The van der Waals surface area contributed by atoms with Crippen molar-refractivity contribution in [3.63, 3.8) is 0 Å². The van der Waals surface area contributed by atoms with E-state index >= 15 is 0 Å². The van der Waals surface area contributed by atoms with Gasteiger partial charge < -0.3 is 14.4 Å². The molecule has 0 bridgehead atoms. The summed E-state index contributed by atoms with van der Waals surface area (Å²) in [5, 5.41) is 10.6. The van der Waals surface area contributed by atoms with Crippen LogP contribution < -0.4 is 4.74 Å². The molecule has 1 saturated carbocycles. The number of rotatable bonds is 6. The molecule has 4 heteroatoms. The SMILES string of the molecule is Cc1ccc(OCC(O)Cn2c(C3CCC3)nc3ccccc32)cc1C. The molecule has 1 aliphatic rings. The van der Waals surface area contributed by atoms with Crippen LogP contribution in [0.15, 0.2) is 42.5 Å². The monoisotopic (exact) mass is 350 g/mol. The number of aliphatic hydroxyl groups excluding tert-OH is 1. The smallest absolute Gasteiger partial charge is 0.119 e. The van der Waals surface area contributed by atoms with E-state index in [1.165, 1.54) is 30.4 Å². The van der Waals surface area contributed by atoms with Crippen LogP contribution in [0.4, 0.5) is 0 Å². The summed E-state index contributed by atoms with van der Waals surface area (Å²) >= 11 is 0. The zero-order valence-electron chi connectivity index (χ0n) is 15.5. The number of benzene rings is 2. The fourth-order valence-electron chi connectivity index (χ4n) is 3.52. The first kappa shape index (κ1) is 17.1. The summed E-state index contributed by atoms with van der Waals surface area (Å²) in [7, 11) is 0. The van der Waals surface area contributed by atoms with Crippen LogP contribution in [0.5, 0.6) is 5.75 Å². The number of fused-ring (bicyclic) bond motifs is 1. The maximum absolute atomic E-state index is 10.6. The Labute approximate surface area is 154 Å². The second kappa shape index (κ2) is 7.12. The minimum Gasteiger partial charge on any atom is -0.491 e. The molecule has 1 atom stereocenters. The van der Waals surface area contributed by atoms with Crippen LogP contribution in [-0.2, 0) is 6.54 Å². The third-order valence-electron chi connectivity index (χ3n) is 5.47. The van der Waals surface area contributed by atoms with Gasteiger partial charge in [0.15, 0.2) is 0 Å². The summed E-state index contributed by atoms with van der Waals surface area (Å²) in [6, 6.07) is 14.2. The summed E-state index contributed by atoms with van der Waals surface area (Å²) in [6.45, 7) is 4.94. The van der Waals surface area contributed by atoms with Crippen molar-refractivity contribution in [2.24, 2.45) is 0 Å². The molecule has 0 radical (unpaired) electrons. The van der Waals surface area contributed by atoms with E-state index in [1.807, 2.05) is 30.3 Å². The lowest BCUT2D eigenvalue weighted by molar-refractivity contribution is 0.0919. The van der Waals surface area contributed by atoms with Gasteiger partial charge in [-0.15, -0.1) is 0 Å². The molecule has 1 aliphatic carbocycles. The van der Waals surface area contributed by atoms with E-state index in [4.69, 9.17) is 9.72 Å². The largest absolute Gasteiger partial charge is 0.491 e. The lowest BCUT2D eigenvalue weighted by Crippen LogP contribution is -2.26. The summed E-state index contributed by atoms with van der Waals surface area (Å²) < 4.78 is 8.01. The summed E-state index contributed by atoms with van der Waals surface area (Å²) in [4.78, 5) is 4.84. The minimum atomic E-state index is -0.576. The highest BCUT2D eigenvalue weighted by molar-refractivity contribution is 5.76. The zero-order valence-corrected chi connectivity index (χ0v) is 15.5. The molecule has 26 heavy (non-hydrogen) atoms. The molecule has 136 valence electrons. The number of aliphatic hydroxyl groups is 1. The van der Waals surface area contributed by atoms with Crippen LogP contribution in [0.3, 0.4) is 0 Å². The van der Waals surface area contributed by atoms with Gasteiger partial charge in [-0.3, -0.25) is 0 Å². The maximum atomic E-state index is 10.6. The van der Waals surface area contributed by atoms with Crippen LogP contribution in [0.2, 0.25) is 0 Å². The van der Waals surface area contributed by atoms with E-state index in [-0.39, 0.29) is 6.61 Å². The average Bonchev–Trinajstić information content (AvgIpc) is 2.93. The molecule has 2 aromatic carbocycles. The average molecular weight is 350 g/mol. The Morgan fingerprint density at radius 2 is 1.96 bits per heavy atom. The van der Waals surface area contributed by atoms with Gasteiger partial charge in [0.1, 0.15) is 24.3 Å². The van der Waals surface area contributed by atoms with Crippen molar-refractivity contribution in [1.29, 1.82) is 0 Å². The van der Waals surface area contributed by atoms with Crippen molar-refractivity contribution in [3.05, 3.63) is 59.4 Å². The molecule has 1 fully saturated rings. The van der Waals surface area contributed by atoms with Crippen LogP contribution >= 0.6 is 0 Å². The molecule has 0 amide bonds. The van der Waals surface area contributed by atoms with E-state index in [1.54, 1.807) is 0 Å². The number of aromatic nitrogens is 2. The van der Waals surface area contributed by atoms with Crippen LogP contribution in [0.25, 0.3) is 11.0 Å². The molecule has 1 heterocycles. The summed E-state index contributed by atoms with van der Waals surface area (Å²) in [5.74, 6) is 2.44. The number of ether oxygens (including phenoxy) is 1. The minimum absolute atomic E-state index is 0.277. The Bertz CT molecular complexity index is 912. The predicted octanol–water partition coefficient (Wildman–Crippen LogP) is 4.36. The first-order valence-corrected chi connectivity index (χ1v) is 9.45. The molecular formula is C22H26N2O2. The van der Waals surface area contributed by atoms with Gasteiger partial charge in [0.2, 0.25) is 0 Å². The van der Waals surface area contributed by atoms with Gasteiger partial charge in [0.25, 0.3) is 0 Å². The lowest BCUT2D eigenvalue weighted by Gasteiger charge is -2.26. The number of aryl methyl sites for hydroxylation is 2.